The van der Waals surface area contributed by atoms with Crippen molar-refractivity contribution < 1.29 is 17.5 Å². The van der Waals surface area contributed by atoms with Gasteiger partial charge in [0.05, 0.1) is 45.3 Å². The first-order chi connectivity index (χ1) is 22.2. The van der Waals surface area contributed by atoms with Crippen LogP contribution in [0.15, 0.2) is 102 Å². The Bertz CT molecular complexity index is 2100. The van der Waals surface area contributed by atoms with Crippen molar-refractivity contribution in [2.75, 3.05) is 24.7 Å². The van der Waals surface area contributed by atoms with Crippen molar-refractivity contribution in [3.05, 3.63) is 118 Å². The lowest BCUT2D eigenvalue weighted by Crippen LogP contribution is -2.25. The number of sulfone groups is 1. The first-order valence-corrected chi connectivity index (χ1v) is 17.1. The van der Waals surface area contributed by atoms with Gasteiger partial charge in [0.15, 0.2) is 9.84 Å². The Hall–Kier alpha value is -4.49. The maximum Gasteiger partial charge on any atom is 0.179 e. The summed E-state index contributed by atoms with van der Waals surface area (Å²) in [6, 6.07) is 21.9. The molecule has 0 aliphatic heterocycles. The summed E-state index contributed by atoms with van der Waals surface area (Å²) >= 11 is 7.99. The molecule has 0 amide bonds. The van der Waals surface area contributed by atoms with Gasteiger partial charge in [0.1, 0.15) is 35.3 Å². The van der Waals surface area contributed by atoms with E-state index in [-0.39, 0.29) is 18.2 Å². The summed E-state index contributed by atoms with van der Waals surface area (Å²) in [5.41, 5.74) is 3.39. The molecule has 0 aliphatic rings. The van der Waals surface area contributed by atoms with E-state index < -0.39 is 9.84 Å². The molecule has 0 bridgehead atoms. The van der Waals surface area contributed by atoms with Gasteiger partial charge in [-0.25, -0.2) is 27.8 Å². The number of nitrogens with zero attached hydrogens (tertiary/aromatic N) is 5. The van der Waals surface area contributed by atoms with Crippen LogP contribution in [-0.2, 0) is 23.0 Å². The topological polar surface area (TPSA) is 110 Å². The first kappa shape index (κ1) is 31.5. The van der Waals surface area contributed by atoms with Gasteiger partial charge >= 0.3 is 0 Å². The number of anilines is 2. The lowest BCUT2D eigenvalue weighted by molar-refractivity contribution is 0.306. The molecule has 13 heteroatoms. The van der Waals surface area contributed by atoms with Gasteiger partial charge in [0.2, 0.25) is 0 Å². The van der Waals surface area contributed by atoms with Crippen LogP contribution in [-0.4, -0.2) is 52.6 Å². The van der Waals surface area contributed by atoms with Crippen LogP contribution < -0.4 is 10.1 Å². The number of fused-ring (bicyclic) bond motifs is 1. The van der Waals surface area contributed by atoms with Crippen LogP contribution in [0.1, 0.15) is 10.6 Å². The van der Waals surface area contributed by atoms with Gasteiger partial charge in [-0.3, -0.25) is 9.88 Å². The second-order valence-electron chi connectivity index (χ2n) is 10.5. The van der Waals surface area contributed by atoms with Crippen LogP contribution in [0.3, 0.4) is 0 Å². The number of halogens is 2. The van der Waals surface area contributed by atoms with Gasteiger partial charge in [-0.2, -0.15) is 0 Å². The lowest BCUT2D eigenvalue weighted by Gasteiger charge is -2.15. The Kier molecular flexibility index (Phi) is 9.50. The fraction of sp³-hybridized carbons (Fsp3) is 0.152. The first-order valence-electron chi connectivity index (χ1n) is 14.2. The zero-order valence-electron chi connectivity index (χ0n) is 24.6. The molecule has 0 aliphatic carbocycles. The molecule has 0 atom stereocenters. The maximum absolute atomic E-state index is 13.5. The van der Waals surface area contributed by atoms with Crippen molar-refractivity contribution >= 4 is 55.2 Å². The van der Waals surface area contributed by atoms with E-state index in [9.17, 15) is 12.8 Å². The second kappa shape index (κ2) is 13.9. The van der Waals surface area contributed by atoms with E-state index in [1.165, 1.54) is 29.8 Å². The highest BCUT2D eigenvalue weighted by molar-refractivity contribution is 7.91. The minimum absolute atomic E-state index is 0.0175. The monoisotopic (exact) mass is 674 g/mol. The number of hydrogen-bond donors (Lipinski definition) is 1. The number of benzene rings is 3. The summed E-state index contributed by atoms with van der Waals surface area (Å²) in [4.78, 5) is 20.4. The molecular formula is C33H28ClFN6O3S2. The number of hydrogen-bond acceptors (Lipinski definition) is 10. The molecule has 6 rings (SSSR count). The van der Waals surface area contributed by atoms with Gasteiger partial charge in [0, 0.05) is 23.0 Å². The molecule has 234 valence electrons. The fourth-order valence-electron chi connectivity index (χ4n) is 4.65. The van der Waals surface area contributed by atoms with Crippen molar-refractivity contribution in [3.63, 3.8) is 0 Å². The summed E-state index contributed by atoms with van der Waals surface area (Å²) in [6.07, 6.45) is 3.13. The van der Waals surface area contributed by atoms with Crippen molar-refractivity contribution in [2.24, 2.45) is 0 Å². The number of rotatable bonds is 12. The van der Waals surface area contributed by atoms with E-state index in [1.807, 2.05) is 29.5 Å². The molecule has 9 nitrogen and oxygen atoms in total. The molecule has 6 aromatic rings. The predicted octanol–water partition coefficient (Wildman–Crippen LogP) is 7.17. The Balaban J connectivity index is 1.13. The quantitative estimate of drug-likeness (QED) is 0.144. The highest BCUT2D eigenvalue weighted by Crippen LogP contribution is 2.32. The zero-order valence-corrected chi connectivity index (χ0v) is 27.0. The fourth-order valence-corrected chi connectivity index (χ4v) is 7.11. The summed E-state index contributed by atoms with van der Waals surface area (Å²) in [7, 11) is -1.49. The van der Waals surface area contributed by atoms with Crippen molar-refractivity contribution in [1.29, 1.82) is 0 Å². The van der Waals surface area contributed by atoms with Gasteiger partial charge in [-0.15, -0.1) is 11.3 Å². The molecule has 3 aromatic carbocycles. The zero-order chi connectivity index (χ0) is 32.1. The van der Waals surface area contributed by atoms with Crippen LogP contribution >= 0.6 is 22.9 Å². The Morgan fingerprint density at radius 3 is 2.63 bits per heavy atom. The van der Waals surface area contributed by atoms with Crippen LogP contribution in [0.4, 0.5) is 15.9 Å². The summed E-state index contributed by atoms with van der Waals surface area (Å²) < 4.78 is 44.6. The van der Waals surface area contributed by atoms with E-state index in [0.717, 1.165) is 10.4 Å². The minimum Gasteiger partial charge on any atom is -0.487 e. The normalized spacial score (nSPS) is 11.7. The molecule has 46 heavy (non-hydrogen) atoms. The SMILES string of the molecule is CN(CCS(=O)(=O)c1ccccc1)Cc1nc(-c2cc3c(Nc4ccc(OCc5cccc(F)c5)c(Cl)c4)ncnc3cn2)cs1. The molecule has 0 spiro atoms. The second-order valence-corrected chi connectivity index (χ2v) is 14.0. The maximum atomic E-state index is 13.5. The average molecular weight is 675 g/mol. The molecule has 0 radical (unpaired) electrons. The van der Waals surface area contributed by atoms with E-state index in [4.69, 9.17) is 21.3 Å². The predicted molar refractivity (Wildman–Crippen MR) is 179 cm³/mol. The third kappa shape index (κ3) is 7.65. The van der Waals surface area contributed by atoms with Crippen LogP contribution in [0.2, 0.25) is 5.02 Å². The molecule has 0 unspecified atom stereocenters. The summed E-state index contributed by atoms with van der Waals surface area (Å²) in [5, 5.41) is 7.20. The number of thiazole rings is 1. The standard InChI is InChI=1S/C33H28ClFN6O3S2/c1-41(12-13-46(42,43)25-8-3-2-4-9-25)18-32-40-30(20-45-32)28-16-26-29(17-36-28)37-21-38-33(26)39-24-10-11-31(27(34)15-24)44-19-22-6-5-7-23(35)14-22/h2-11,14-17,20-21H,12-13,18-19H2,1H3,(H,37,38,39). The third-order valence-corrected chi connectivity index (χ3v) is 9.90. The Morgan fingerprint density at radius 1 is 0.978 bits per heavy atom. The largest absolute Gasteiger partial charge is 0.487 e. The van der Waals surface area contributed by atoms with E-state index >= 15 is 0 Å². The lowest BCUT2D eigenvalue weighted by atomic mass is 10.2. The van der Waals surface area contributed by atoms with Gasteiger partial charge in [-0.05, 0) is 61.1 Å². The third-order valence-electron chi connectivity index (χ3n) is 7.06. The number of aromatic nitrogens is 4. The molecule has 0 fully saturated rings. The number of nitrogens with one attached hydrogen (secondary N) is 1. The van der Waals surface area contributed by atoms with E-state index in [1.54, 1.807) is 60.8 Å². The molecule has 3 aromatic heterocycles. The number of pyridine rings is 1. The molecule has 0 saturated carbocycles. The Morgan fingerprint density at radius 2 is 1.83 bits per heavy atom. The van der Waals surface area contributed by atoms with E-state index in [0.29, 0.717) is 62.7 Å². The van der Waals surface area contributed by atoms with Crippen molar-refractivity contribution in [1.82, 2.24) is 24.8 Å². The minimum atomic E-state index is -3.36. The summed E-state index contributed by atoms with van der Waals surface area (Å²) in [6.45, 7) is 1.05. The van der Waals surface area contributed by atoms with Gasteiger partial charge < -0.3 is 10.1 Å². The van der Waals surface area contributed by atoms with Crippen molar-refractivity contribution in [2.45, 2.75) is 18.0 Å². The molecular weight excluding hydrogens is 647 g/mol. The smallest absolute Gasteiger partial charge is 0.179 e. The summed E-state index contributed by atoms with van der Waals surface area (Å²) in [5.74, 6) is 0.727. The molecule has 3 heterocycles. The Labute approximate surface area is 274 Å². The molecule has 1 N–H and O–H groups in total. The van der Waals surface area contributed by atoms with Crippen molar-refractivity contribution in [3.8, 4) is 17.1 Å². The van der Waals surface area contributed by atoms with Crippen LogP contribution in [0.25, 0.3) is 22.3 Å². The highest BCUT2D eigenvalue weighted by Gasteiger charge is 2.17. The van der Waals surface area contributed by atoms with Crippen LogP contribution in [0.5, 0.6) is 5.75 Å². The van der Waals surface area contributed by atoms with Crippen LogP contribution in [0, 0.1) is 5.82 Å². The van der Waals surface area contributed by atoms with Gasteiger partial charge in [-0.1, -0.05) is 41.9 Å². The molecule has 0 saturated heterocycles. The number of ether oxygens (including phenoxy) is 1. The van der Waals surface area contributed by atoms with E-state index in [2.05, 4.69) is 20.3 Å². The average Bonchev–Trinajstić information content (AvgIpc) is 3.52. The van der Waals surface area contributed by atoms with Gasteiger partial charge in [0.25, 0.3) is 0 Å². The highest BCUT2D eigenvalue weighted by atomic mass is 35.5.